The van der Waals surface area contributed by atoms with Crippen molar-refractivity contribution < 1.29 is 14.2 Å². The van der Waals surface area contributed by atoms with Gasteiger partial charge < -0.3 is 20.1 Å². The number of aromatic amines is 1. The van der Waals surface area contributed by atoms with Crippen LogP contribution in [0.2, 0.25) is 5.02 Å². The van der Waals surface area contributed by atoms with Gasteiger partial charge in [0.25, 0.3) is 0 Å². The first-order chi connectivity index (χ1) is 13.1. The van der Waals surface area contributed by atoms with E-state index in [4.69, 9.17) is 16.3 Å². The highest BCUT2D eigenvalue weighted by Crippen LogP contribution is 2.37. The molecule has 0 saturated heterocycles. The average molecular weight is 385 g/mol. The van der Waals surface area contributed by atoms with Crippen LogP contribution in [0.15, 0.2) is 48.8 Å². The maximum Gasteiger partial charge on any atom is 0.200 e. The van der Waals surface area contributed by atoms with Crippen molar-refractivity contribution in [1.82, 2.24) is 15.0 Å². The third kappa shape index (κ3) is 3.13. The highest BCUT2D eigenvalue weighted by atomic mass is 35.5. The molecule has 0 aliphatic carbocycles. The molecule has 4 rings (SSSR count). The van der Waals surface area contributed by atoms with E-state index in [0.29, 0.717) is 33.9 Å². The van der Waals surface area contributed by atoms with Crippen LogP contribution in [0.4, 0.5) is 15.9 Å². The van der Waals surface area contributed by atoms with Gasteiger partial charge in [0, 0.05) is 6.20 Å². The zero-order valence-corrected chi connectivity index (χ0v) is 14.9. The lowest BCUT2D eigenvalue weighted by atomic mass is 10.1. The van der Waals surface area contributed by atoms with Crippen LogP contribution >= 0.6 is 11.6 Å². The summed E-state index contributed by atoms with van der Waals surface area (Å²) in [6.07, 6.45) is 3.10. The van der Waals surface area contributed by atoms with Crippen LogP contribution in [0.5, 0.6) is 11.6 Å². The van der Waals surface area contributed by atoms with Crippen molar-refractivity contribution >= 4 is 34.0 Å². The predicted octanol–water partition coefficient (Wildman–Crippen LogP) is 4.88. The molecule has 3 aromatic heterocycles. The van der Waals surface area contributed by atoms with Gasteiger partial charge in [-0.3, -0.25) is 0 Å². The Kier molecular flexibility index (Phi) is 4.29. The fourth-order valence-corrected chi connectivity index (χ4v) is 3.07. The molecule has 27 heavy (non-hydrogen) atoms. The number of methoxy groups -OCH3 is 1. The molecule has 0 radical (unpaired) electrons. The molecule has 0 aliphatic rings. The number of hydrogen-bond acceptors (Lipinski definition) is 5. The number of rotatable bonds is 4. The number of nitrogens with zero attached hydrogens (tertiary/aromatic N) is 2. The van der Waals surface area contributed by atoms with Crippen molar-refractivity contribution in [2.45, 2.75) is 0 Å². The summed E-state index contributed by atoms with van der Waals surface area (Å²) in [5, 5.41) is 14.0. The molecule has 6 nitrogen and oxygen atoms in total. The number of halogens is 2. The number of hydrogen-bond donors (Lipinski definition) is 3. The molecule has 3 heterocycles. The number of aromatic nitrogens is 3. The van der Waals surface area contributed by atoms with Crippen LogP contribution in [-0.4, -0.2) is 27.2 Å². The highest BCUT2D eigenvalue weighted by Gasteiger charge is 2.17. The Morgan fingerprint density at radius 3 is 2.81 bits per heavy atom. The summed E-state index contributed by atoms with van der Waals surface area (Å²) in [5.74, 6) is 0.598. The molecular weight excluding hydrogens is 371 g/mol. The van der Waals surface area contributed by atoms with E-state index in [9.17, 15) is 9.50 Å². The van der Waals surface area contributed by atoms with Crippen LogP contribution in [0.1, 0.15) is 0 Å². The molecule has 4 aromatic rings. The molecule has 3 N–H and O–H groups in total. The largest absolute Gasteiger partial charge is 0.495 e. The minimum Gasteiger partial charge on any atom is -0.495 e. The van der Waals surface area contributed by atoms with E-state index in [2.05, 4.69) is 20.3 Å². The fraction of sp³-hybridized carbons (Fsp3) is 0.0526. The number of aromatic hydroxyl groups is 1. The zero-order valence-electron chi connectivity index (χ0n) is 14.1. The minimum absolute atomic E-state index is 0.0558. The summed E-state index contributed by atoms with van der Waals surface area (Å²) >= 11 is 6.18. The van der Waals surface area contributed by atoms with Gasteiger partial charge in [0.05, 0.1) is 46.2 Å². The number of fused-ring (bicyclic) bond motifs is 1. The second-order valence-corrected chi connectivity index (χ2v) is 6.16. The van der Waals surface area contributed by atoms with E-state index in [1.54, 1.807) is 37.6 Å². The summed E-state index contributed by atoms with van der Waals surface area (Å²) in [6, 6.07) is 9.54. The lowest BCUT2D eigenvalue weighted by Crippen LogP contribution is -1.97. The lowest BCUT2D eigenvalue weighted by molar-refractivity contribution is 0.413. The second-order valence-electron chi connectivity index (χ2n) is 5.76. The Morgan fingerprint density at radius 2 is 2.11 bits per heavy atom. The summed E-state index contributed by atoms with van der Waals surface area (Å²) in [4.78, 5) is 11.4. The molecule has 0 fully saturated rings. The number of nitrogens with one attached hydrogen (secondary N) is 2. The summed E-state index contributed by atoms with van der Waals surface area (Å²) in [5.41, 5.74) is 1.49. The third-order valence-corrected chi connectivity index (χ3v) is 4.40. The van der Waals surface area contributed by atoms with Crippen molar-refractivity contribution in [2.75, 3.05) is 12.4 Å². The van der Waals surface area contributed by atoms with Crippen LogP contribution in [0.25, 0.3) is 22.2 Å². The first-order valence-electron chi connectivity index (χ1n) is 7.99. The van der Waals surface area contributed by atoms with Crippen molar-refractivity contribution in [3.8, 4) is 22.9 Å². The Morgan fingerprint density at radius 1 is 1.26 bits per heavy atom. The lowest BCUT2D eigenvalue weighted by Gasteiger charge is -2.11. The van der Waals surface area contributed by atoms with Gasteiger partial charge >= 0.3 is 0 Å². The van der Waals surface area contributed by atoms with E-state index >= 15 is 0 Å². The molecule has 136 valence electrons. The van der Waals surface area contributed by atoms with Crippen LogP contribution in [0, 0.1) is 5.82 Å². The SMILES string of the molecule is COc1ccc(Nc2cc(-c3c(F)cccc3Cl)nc3c[nH]c(O)c23)nc1. The van der Waals surface area contributed by atoms with E-state index in [1.165, 1.54) is 18.3 Å². The maximum absolute atomic E-state index is 14.4. The zero-order chi connectivity index (χ0) is 19.0. The molecule has 1 aromatic carbocycles. The molecule has 0 unspecified atom stereocenters. The van der Waals surface area contributed by atoms with E-state index < -0.39 is 5.82 Å². The molecule has 0 saturated carbocycles. The number of benzene rings is 1. The number of pyridine rings is 2. The highest BCUT2D eigenvalue weighted by molar-refractivity contribution is 6.33. The standard InChI is InChI=1S/C19H14ClFN4O2/c1-27-10-5-6-16(22-8-10)25-14-7-13(17-11(20)3-2-4-12(17)21)24-15-9-23-19(26)18(14)15/h2-9,23,26H,1H3,(H,22,25). The molecule has 0 spiro atoms. The van der Waals surface area contributed by atoms with E-state index in [-0.39, 0.29) is 16.5 Å². The van der Waals surface area contributed by atoms with Gasteiger partial charge in [-0.2, -0.15) is 0 Å². The Bertz CT molecular complexity index is 1110. The normalized spacial score (nSPS) is 10.9. The topological polar surface area (TPSA) is 83.1 Å². The van der Waals surface area contributed by atoms with Gasteiger partial charge in [0.15, 0.2) is 5.88 Å². The molecule has 0 amide bonds. The first-order valence-corrected chi connectivity index (χ1v) is 8.37. The number of H-pyrrole nitrogens is 1. The minimum atomic E-state index is -0.484. The van der Waals surface area contributed by atoms with Crippen molar-refractivity contribution in [3.63, 3.8) is 0 Å². The van der Waals surface area contributed by atoms with Gasteiger partial charge in [-0.25, -0.2) is 14.4 Å². The predicted molar refractivity (Wildman–Crippen MR) is 102 cm³/mol. The average Bonchev–Trinajstić information content (AvgIpc) is 3.03. The van der Waals surface area contributed by atoms with Crippen molar-refractivity contribution in [3.05, 3.63) is 59.6 Å². The van der Waals surface area contributed by atoms with Crippen molar-refractivity contribution in [1.29, 1.82) is 0 Å². The summed E-state index contributed by atoms with van der Waals surface area (Å²) in [7, 11) is 1.55. The smallest absolute Gasteiger partial charge is 0.200 e. The molecule has 0 atom stereocenters. The molecular formula is C19H14ClFN4O2. The second kappa shape index (κ2) is 6.77. The number of anilines is 2. The first kappa shape index (κ1) is 17.1. The van der Waals surface area contributed by atoms with Crippen LogP contribution in [-0.2, 0) is 0 Å². The van der Waals surface area contributed by atoms with E-state index in [0.717, 1.165) is 0 Å². The third-order valence-electron chi connectivity index (χ3n) is 4.08. The van der Waals surface area contributed by atoms with E-state index in [1.807, 2.05) is 0 Å². The number of ether oxygens (including phenoxy) is 1. The maximum atomic E-state index is 14.4. The summed E-state index contributed by atoms with van der Waals surface area (Å²) in [6.45, 7) is 0. The Balaban J connectivity index is 1.86. The fourth-order valence-electron chi connectivity index (χ4n) is 2.81. The van der Waals surface area contributed by atoms with Crippen molar-refractivity contribution in [2.24, 2.45) is 0 Å². The Labute approximate surface area is 158 Å². The van der Waals surface area contributed by atoms with Crippen LogP contribution < -0.4 is 10.1 Å². The monoisotopic (exact) mass is 384 g/mol. The van der Waals surface area contributed by atoms with Gasteiger partial charge in [0.2, 0.25) is 0 Å². The summed E-state index contributed by atoms with van der Waals surface area (Å²) < 4.78 is 19.5. The van der Waals surface area contributed by atoms with Crippen LogP contribution in [0.3, 0.4) is 0 Å². The van der Waals surface area contributed by atoms with Gasteiger partial charge in [0.1, 0.15) is 17.4 Å². The molecule has 0 aliphatic heterocycles. The van der Waals surface area contributed by atoms with Gasteiger partial charge in [-0.05, 0) is 30.3 Å². The molecule has 0 bridgehead atoms. The van der Waals surface area contributed by atoms with Gasteiger partial charge in [-0.15, -0.1) is 0 Å². The quantitative estimate of drug-likeness (QED) is 0.467. The molecule has 8 heteroatoms. The Hall–Kier alpha value is -3.32. The van der Waals surface area contributed by atoms with Gasteiger partial charge in [-0.1, -0.05) is 17.7 Å².